The Morgan fingerprint density at radius 1 is 1.21 bits per heavy atom. The molecule has 1 amide bonds. The molecule has 24 heavy (non-hydrogen) atoms. The second kappa shape index (κ2) is 8.52. The van der Waals surface area contributed by atoms with Crippen LogP contribution in [0.5, 0.6) is 5.75 Å². The fourth-order valence-corrected chi connectivity index (χ4v) is 3.81. The summed E-state index contributed by atoms with van der Waals surface area (Å²) < 4.78 is 11.4. The van der Waals surface area contributed by atoms with Crippen LogP contribution in [0, 0.1) is 0 Å². The van der Waals surface area contributed by atoms with Crippen molar-refractivity contribution in [2.45, 2.75) is 64.0 Å². The number of ether oxygens (including phenoxy) is 2. The van der Waals surface area contributed by atoms with Gasteiger partial charge in [0.2, 0.25) is 0 Å². The van der Waals surface area contributed by atoms with E-state index in [9.17, 15) is 4.79 Å². The van der Waals surface area contributed by atoms with Crippen molar-refractivity contribution in [2.75, 3.05) is 19.8 Å². The molecule has 1 saturated heterocycles. The van der Waals surface area contributed by atoms with E-state index in [1.165, 1.54) is 19.3 Å². The molecule has 4 nitrogen and oxygen atoms in total. The van der Waals surface area contributed by atoms with Gasteiger partial charge in [0.25, 0.3) is 5.91 Å². The Hall–Kier alpha value is -1.55. The van der Waals surface area contributed by atoms with Gasteiger partial charge in [0.15, 0.2) is 0 Å². The maximum Gasteiger partial charge on any atom is 0.254 e. The van der Waals surface area contributed by atoms with Gasteiger partial charge in [-0.25, -0.2) is 0 Å². The summed E-state index contributed by atoms with van der Waals surface area (Å²) in [6.07, 6.45) is 8.40. The summed E-state index contributed by atoms with van der Waals surface area (Å²) in [5, 5.41) is 0. The molecule has 132 valence electrons. The second-order valence-electron chi connectivity index (χ2n) is 6.86. The summed E-state index contributed by atoms with van der Waals surface area (Å²) in [5.74, 6) is 0.892. The Bertz CT molecular complexity index is 533. The quantitative estimate of drug-likeness (QED) is 0.790. The van der Waals surface area contributed by atoms with Gasteiger partial charge in [0.05, 0.1) is 6.10 Å². The summed E-state index contributed by atoms with van der Waals surface area (Å²) in [4.78, 5) is 15.0. The summed E-state index contributed by atoms with van der Waals surface area (Å²) >= 11 is 0. The molecule has 2 aliphatic rings. The zero-order valence-electron chi connectivity index (χ0n) is 14.7. The van der Waals surface area contributed by atoms with E-state index in [4.69, 9.17) is 9.47 Å². The zero-order valence-corrected chi connectivity index (χ0v) is 14.7. The van der Waals surface area contributed by atoms with Crippen LogP contribution in [0.15, 0.2) is 24.3 Å². The molecule has 1 unspecified atom stereocenters. The predicted molar refractivity (Wildman–Crippen MR) is 94.5 cm³/mol. The third kappa shape index (κ3) is 4.29. The van der Waals surface area contributed by atoms with E-state index in [2.05, 4.69) is 6.92 Å². The molecule has 3 rings (SSSR count). The van der Waals surface area contributed by atoms with Gasteiger partial charge >= 0.3 is 0 Å². The number of nitrogens with zero attached hydrogens (tertiary/aromatic N) is 1. The molecular weight excluding hydrogens is 302 g/mol. The second-order valence-corrected chi connectivity index (χ2v) is 6.86. The van der Waals surface area contributed by atoms with Crippen molar-refractivity contribution >= 4 is 5.91 Å². The summed E-state index contributed by atoms with van der Waals surface area (Å²) in [5.41, 5.74) is 0.729. The third-order valence-electron chi connectivity index (χ3n) is 5.16. The van der Waals surface area contributed by atoms with Crippen LogP contribution >= 0.6 is 0 Å². The van der Waals surface area contributed by atoms with E-state index < -0.39 is 0 Å². The van der Waals surface area contributed by atoms with Crippen LogP contribution in [-0.4, -0.2) is 42.7 Å². The maximum absolute atomic E-state index is 12.9. The van der Waals surface area contributed by atoms with Gasteiger partial charge in [0, 0.05) is 24.8 Å². The highest BCUT2D eigenvalue weighted by Crippen LogP contribution is 2.25. The molecule has 4 heteroatoms. The van der Waals surface area contributed by atoms with Crippen LogP contribution in [0.1, 0.15) is 62.2 Å². The first-order valence-electron chi connectivity index (χ1n) is 9.43. The average molecular weight is 331 g/mol. The fourth-order valence-electron chi connectivity index (χ4n) is 3.81. The van der Waals surface area contributed by atoms with Crippen LogP contribution in [0.2, 0.25) is 0 Å². The molecule has 1 aliphatic carbocycles. The minimum atomic E-state index is 0.131. The first kappa shape index (κ1) is 17.3. The van der Waals surface area contributed by atoms with Crippen molar-refractivity contribution in [1.82, 2.24) is 4.90 Å². The van der Waals surface area contributed by atoms with E-state index in [0.29, 0.717) is 12.6 Å². The lowest BCUT2D eigenvalue weighted by molar-refractivity contribution is 0.0642. The molecule has 0 aromatic heterocycles. The van der Waals surface area contributed by atoms with Crippen molar-refractivity contribution in [3.05, 3.63) is 29.8 Å². The first-order valence-corrected chi connectivity index (χ1v) is 9.43. The molecule has 0 bridgehead atoms. The monoisotopic (exact) mass is 331 g/mol. The van der Waals surface area contributed by atoms with Crippen molar-refractivity contribution in [3.63, 3.8) is 0 Å². The van der Waals surface area contributed by atoms with Gasteiger partial charge in [-0.1, -0.05) is 25.3 Å². The van der Waals surface area contributed by atoms with Crippen molar-refractivity contribution in [1.29, 1.82) is 0 Å². The Morgan fingerprint density at radius 2 is 2.04 bits per heavy atom. The lowest BCUT2D eigenvalue weighted by atomic mass is 9.93. The summed E-state index contributed by atoms with van der Waals surface area (Å²) in [7, 11) is 0. The van der Waals surface area contributed by atoms with Crippen LogP contribution in [0.25, 0.3) is 0 Å². The van der Waals surface area contributed by atoms with Gasteiger partial charge in [-0.3, -0.25) is 4.79 Å². The van der Waals surface area contributed by atoms with Gasteiger partial charge in [0.1, 0.15) is 12.4 Å². The molecule has 1 aromatic rings. The average Bonchev–Trinajstić information content (AvgIpc) is 3.15. The number of amides is 1. The normalized spacial score (nSPS) is 21.6. The van der Waals surface area contributed by atoms with Crippen molar-refractivity contribution in [3.8, 4) is 5.75 Å². The number of hydrogen-bond donors (Lipinski definition) is 0. The minimum absolute atomic E-state index is 0.131. The van der Waals surface area contributed by atoms with E-state index in [1.807, 2.05) is 29.2 Å². The Morgan fingerprint density at radius 3 is 2.75 bits per heavy atom. The maximum atomic E-state index is 12.9. The van der Waals surface area contributed by atoms with Gasteiger partial charge in [-0.15, -0.1) is 0 Å². The highest BCUT2D eigenvalue weighted by molar-refractivity contribution is 5.94. The molecule has 1 heterocycles. The van der Waals surface area contributed by atoms with Crippen molar-refractivity contribution in [2.24, 2.45) is 0 Å². The molecule has 1 atom stereocenters. The predicted octanol–water partition coefficient (Wildman–Crippen LogP) is 4.04. The van der Waals surface area contributed by atoms with Gasteiger partial charge < -0.3 is 14.4 Å². The minimum Gasteiger partial charge on any atom is -0.491 e. The van der Waals surface area contributed by atoms with Crippen LogP contribution in [0.3, 0.4) is 0 Å². The number of hydrogen-bond acceptors (Lipinski definition) is 3. The topological polar surface area (TPSA) is 38.8 Å². The first-order chi connectivity index (χ1) is 11.8. The molecule has 1 aliphatic heterocycles. The van der Waals surface area contributed by atoms with Crippen LogP contribution < -0.4 is 4.74 Å². The highest BCUT2D eigenvalue weighted by atomic mass is 16.5. The van der Waals surface area contributed by atoms with E-state index in [1.54, 1.807) is 0 Å². The largest absolute Gasteiger partial charge is 0.491 e. The molecule has 0 spiro atoms. The van der Waals surface area contributed by atoms with Crippen LogP contribution in [0.4, 0.5) is 0 Å². The molecule has 2 fully saturated rings. The standard InChI is InChI=1S/C20H29NO3/c1-2-21(17-9-4-3-5-10-17)20(22)16-8-6-11-18(14-16)24-15-19-12-7-13-23-19/h6,8,11,14,17,19H,2-5,7,9-10,12-13,15H2,1H3. The van der Waals surface area contributed by atoms with Gasteiger partial charge in [-0.2, -0.15) is 0 Å². The van der Waals surface area contributed by atoms with E-state index in [-0.39, 0.29) is 12.0 Å². The van der Waals surface area contributed by atoms with Gasteiger partial charge in [-0.05, 0) is 50.8 Å². The lowest BCUT2D eigenvalue weighted by Gasteiger charge is -2.33. The van der Waals surface area contributed by atoms with E-state index in [0.717, 1.165) is 50.1 Å². The SMILES string of the molecule is CCN(C(=O)c1cccc(OCC2CCCO2)c1)C1CCCCC1. The summed E-state index contributed by atoms with van der Waals surface area (Å²) in [6, 6.07) is 8.00. The number of carbonyl (C=O) groups excluding carboxylic acids is 1. The number of benzene rings is 1. The lowest BCUT2D eigenvalue weighted by Crippen LogP contribution is -2.41. The molecule has 0 radical (unpaired) electrons. The number of carbonyl (C=O) groups is 1. The number of rotatable bonds is 6. The van der Waals surface area contributed by atoms with Crippen LogP contribution in [-0.2, 0) is 4.74 Å². The molecule has 1 saturated carbocycles. The highest BCUT2D eigenvalue weighted by Gasteiger charge is 2.25. The molecule has 1 aromatic carbocycles. The molecule has 0 N–H and O–H groups in total. The Balaban J connectivity index is 1.63. The molecular formula is C20H29NO3. The zero-order chi connectivity index (χ0) is 16.8. The Kier molecular flexibility index (Phi) is 6.13. The fraction of sp³-hybridized carbons (Fsp3) is 0.650. The Labute approximate surface area is 145 Å². The smallest absolute Gasteiger partial charge is 0.254 e. The summed E-state index contributed by atoms with van der Waals surface area (Å²) in [6.45, 7) is 4.24. The van der Waals surface area contributed by atoms with E-state index >= 15 is 0 Å². The van der Waals surface area contributed by atoms with Crippen molar-refractivity contribution < 1.29 is 14.3 Å². The third-order valence-corrected chi connectivity index (χ3v) is 5.16.